The van der Waals surface area contributed by atoms with Gasteiger partial charge >= 0.3 is 5.97 Å². The zero-order valence-corrected chi connectivity index (χ0v) is 13.0. The molecule has 0 amide bonds. The highest BCUT2D eigenvalue weighted by atomic mass is 32.2. The van der Waals surface area contributed by atoms with Gasteiger partial charge in [-0.1, -0.05) is 6.07 Å². The van der Waals surface area contributed by atoms with Crippen LogP contribution in [0, 0.1) is 22.5 Å². The van der Waals surface area contributed by atoms with Crippen molar-refractivity contribution in [3.8, 4) is 0 Å². The van der Waals surface area contributed by atoms with Crippen molar-refractivity contribution in [2.24, 2.45) is 5.41 Å². The lowest BCUT2D eigenvalue weighted by molar-refractivity contribution is -0.385. The third-order valence-electron chi connectivity index (χ3n) is 3.97. The summed E-state index contributed by atoms with van der Waals surface area (Å²) in [4.78, 5) is 21.3. The van der Waals surface area contributed by atoms with E-state index >= 15 is 0 Å². The molecule has 120 valence electrons. The molecular weight excluding hydrogens is 312 g/mol. The SMILES string of the molecule is Cc1ccc(S(=O)(=O)N2CCC(C)(C(=O)O)C2)cc1[N+](=O)[O-]. The fourth-order valence-electron chi connectivity index (χ4n) is 2.39. The number of hydrogen-bond donors (Lipinski definition) is 1. The van der Waals surface area contributed by atoms with Crippen LogP contribution < -0.4 is 0 Å². The van der Waals surface area contributed by atoms with Crippen LogP contribution in [0.4, 0.5) is 5.69 Å². The highest BCUT2D eigenvalue weighted by Crippen LogP contribution is 2.34. The van der Waals surface area contributed by atoms with Gasteiger partial charge in [0.05, 0.1) is 15.2 Å². The lowest BCUT2D eigenvalue weighted by Gasteiger charge is -2.20. The van der Waals surface area contributed by atoms with Crippen molar-refractivity contribution in [2.75, 3.05) is 13.1 Å². The number of hydrogen-bond acceptors (Lipinski definition) is 5. The largest absolute Gasteiger partial charge is 0.481 e. The van der Waals surface area contributed by atoms with Gasteiger partial charge < -0.3 is 5.11 Å². The number of carbonyl (C=O) groups is 1. The minimum Gasteiger partial charge on any atom is -0.481 e. The molecule has 0 bridgehead atoms. The Morgan fingerprint density at radius 1 is 1.45 bits per heavy atom. The van der Waals surface area contributed by atoms with E-state index in [-0.39, 0.29) is 30.1 Å². The molecule has 1 fully saturated rings. The first-order valence-electron chi connectivity index (χ1n) is 6.56. The second-order valence-corrected chi connectivity index (χ2v) is 7.60. The Balaban J connectivity index is 2.39. The summed E-state index contributed by atoms with van der Waals surface area (Å²) in [6.07, 6.45) is 0.204. The lowest BCUT2D eigenvalue weighted by Crippen LogP contribution is -2.34. The Bertz CT molecular complexity index is 745. The molecule has 0 aromatic heterocycles. The van der Waals surface area contributed by atoms with Crippen LogP contribution in [0.1, 0.15) is 18.9 Å². The highest BCUT2D eigenvalue weighted by Gasteiger charge is 2.45. The van der Waals surface area contributed by atoms with Gasteiger partial charge in [-0.15, -0.1) is 0 Å². The number of nitro benzene ring substituents is 1. The van der Waals surface area contributed by atoms with Crippen LogP contribution in [0.2, 0.25) is 0 Å². The number of carboxylic acid groups (broad SMARTS) is 1. The van der Waals surface area contributed by atoms with Gasteiger partial charge in [-0.25, -0.2) is 8.42 Å². The minimum atomic E-state index is -3.95. The van der Waals surface area contributed by atoms with E-state index in [9.17, 15) is 23.3 Å². The van der Waals surface area contributed by atoms with E-state index in [1.54, 1.807) is 0 Å². The fourth-order valence-corrected chi connectivity index (χ4v) is 3.98. The third kappa shape index (κ3) is 2.69. The van der Waals surface area contributed by atoms with E-state index < -0.39 is 26.3 Å². The third-order valence-corrected chi connectivity index (χ3v) is 5.81. The van der Waals surface area contributed by atoms with Gasteiger partial charge in [-0.3, -0.25) is 14.9 Å². The van der Waals surface area contributed by atoms with Crippen molar-refractivity contribution in [2.45, 2.75) is 25.2 Å². The number of rotatable bonds is 4. The lowest BCUT2D eigenvalue weighted by atomic mass is 9.90. The quantitative estimate of drug-likeness (QED) is 0.659. The number of aryl methyl sites for hydroxylation is 1. The Labute approximate surface area is 127 Å². The fraction of sp³-hybridized carbons (Fsp3) is 0.462. The van der Waals surface area contributed by atoms with Crippen molar-refractivity contribution in [1.29, 1.82) is 0 Å². The van der Waals surface area contributed by atoms with E-state index in [1.807, 2.05) is 0 Å². The Hall–Kier alpha value is -2.00. The smallest absolute Gasteiger partial charge is 0.310 e. The maximum Gasteiger partial charge on any atom is 0.310 e. The number of carboxylic acids is 1. The summed E-state index contributed by atoms with van der Waals surface area (Å²) in [5, 5.41) is 20.1. The molecule has 1 aliphatic heterocycles. The summed E-state index contributed by atoms with van der Waals surface area (Å²) in [6.45, 7) is 2.94. The van der Waals surface area contributed by atoms with Crippen LogP contribution in [-0.2, 0) is 14.8 Å². The molecular formula is C13H16N2O6S. The second-order valence-electron chi connectivity index (χ2n) is 5.66. The zero-order valence-electron chi connectivity index (χ0n) is 12.1. The molecule has 0 saturated carbocycles. The van der Waals surface area contributed by atoms with Gasteiger partial charge in [0, 0.05) is 24.7 Å². The summed E-state index contributed by atoms with van der Waals surface area (Å²) in [7, 11) is -3.95. The molecule has 0 aliphatic carbocycles. The predicted octanol–water partition coefficient (Wildman–Crippen LogP) is 1.39. The van der Waals surface area contributed by atoms with E-state index in [0.29, 0.717) is 5.56 Å². The van der Waals surface area contributed by atoms with Crippen LogP contribution in [0.25, 0.3) is 0 Å². The molecule has 1 aromatic rings. The summed E-state index contributed by atoms with van der Waals surface area (Å²) in [5.41, 5.74) is -1.05. The first-order chi connectivity index (χ1) is 10.1. The zero-order chi connectivity index (χ0) is 16.7. The van der Waals surface area contributed by atoms with Gasteiger partial charge in [0.1, 0.15) is 0 Å². The summed E-state index contributed by atoms with van der Waals surface area (Å²) < 4.78 is 26.1. The average Bonchev–Trinajstić information content (AvgIpc) is 2.83. The predicted molar refractivity (Wildman–Crippen MR) is 77.0 cm³/mol. The molecule has 22 heavy (non-hydrogen) atoms. The topological polar surface area (TPSA) is 118 Å². The molecule has 9 heteroatoms. The Kier molecular flexibility index (Phi) is 3.96. The molecule has 2 rings (SSSR count). The monoisotopic (exact) mass is 328 g/mol. The van der Waals surface area contributed by atoms with E-state index in [0.717, 1.165) is 10.4 Å². The Morgan fingerprint density at radius 2 is 2.09 bits per heavy atom. The number of sulfonamides is 1. The number of nitro groups is 1. The van der Waals surface area contributed by atoms with Crippen molar-refractivity contribution >= 4 is 21.7 Å². The minimum absolute atomic E-state index is 0.0762. The van der Waals surface area contributed by atoms with E-state index in [2.05, 4.69) is 0 Å². The Morgan fingerprint density at radius 3 is 2.59 bits per heavy atom. The van der Waals surface area contributed by atoms with Gasteiger partial charge in [0.15, 0.2) is 0 Å². The molecule has 0 radical (unpaired) electrons. The average molecular weight is 328 g/mol. The van der Waals surface area contributed by atoms with Crippen LogP contribution in [0.5, 0.6) is 0 Å². The van der Waals surface area contributed by atoms with Crippen molar-refractivity contribution in [1.82, 2.24) is 4.31 Å². The van der Waals surface area contributed by atoms with E-state index in [4.69, 9.17) is 5.11 Å². The van der Waals surface area contributed by atoms with Gasteiger partial charge in [0.2, 0.25) is 10.0 Å². The van der Waals surface area contributed by atoms with Crippen LogP contribution in [-0.4, -0.2) is 41.8 Å². The van der Waals surface area contributed by atoms with Crippen molar-refractivity contribution in [3.05, 3.63) is 33.9 Å². The molecule has 1 heterocycles. The first-order valence-corrected chi connectivity index (χ1v) is 8.00. The van der Waals surface area contributed by atoms with Crippen molar-refractivity contribution < 1.29 is 23.2 Å². The number of nitrogens with zero attached hydrogens (tertiary/aromatic N) is 2. The van der Waals surface area contributed by atoms with Crippen LogP contribution >= 0.6 is 0 Å². The van der Waals surface area contributed by atoms with E-state index in [1.165, 1.54) is 26.0 Å². The van der Waals surface area contributed by atoms with Gasteiger partial charge in [0.25, 0.3) is 5.69 Å². The van der Waals surface area contributed by atoms with Gasteiger partial charge in [-0.2, -0.15) is 4.31 Å². The van der Waals surface area contributed by atoms with Crippen LogP contribution in [0.15, 0.2) is 23.1 Å². The maximum atomic E-state index is 12.5. The number of aliphatic carboxylic acids is 1. The molecule has 1 atom stereocenters. The first kappa shape index (κ1) is 16.4. The number of benzene rings is 1. The molecule has 8 nitrogen and oxygen atoms in total. The second kappa shape index (κ2) is 5.33. The molecule has 1 saturated heterocycles. The summed E-state index contributed by atoms with van der Waals surface area (Å²) in [6, 6.07) is 3.69. The van der Waals surface area contributed by atoms with Crippen LogP contribution in [0.3, 0.4) is 0 Å². The van der Waals surface area contributed by atoms with Gasteiger partial charge in [-0.05, 0) is 26.3 Å². The highest BCUT2D eigenvalue weighted by molar-refractivity contribution is 7.89. The molecule has 1 N–H and O–H groups in total. The molecule has 1 unspecified atom stereocenters. The standard InChI is InChI=1S/C13H16N2O6S/c1-9-3-4-10(7-11(9)15(18)19)22(20,21)14-6-5-13(2,8-14)12(16)17/h3-4,7H,5-6,8H2,1-2H3,(H,16,17). The van der Waals surface area contributed by atoms with Crippen molar-refractivity contribution in [3.63, 3.8) is 0 Å². The summed E-state index contributed by atoms with van der Waals surface area (Å²) >= 11 is 0. The summed E-state index contributed by atoms with van der Waals surface area (Å²) in [5.74, 6) is -1.06. The molecule has 0 spiro atoms. The maximum absolute atomic E-state index is 12.5. The normalized spacial score (nSPS) is 22.6. The molecule has 1 aromatic carbocycles. The molecule has 1 aliphatic rings.